The lowest BCUT2D eigenvalue weighted by molar-refractivity contribution is 0.0621. The molecule has 1 aliphatic heterocycles. The van der Waals surface area contributed by atoms with Crippen LogP contribution in [-0.4, -0.2) is 70.4 Å². The SMILES string of the molecule is COc1ccc(-n2ccnc2CN2CCN(CC=C(C)C)C(CCO)C2)cc1. The van der Waals surface area contributed by atoms with Crippen molar-refractivity contribution >= 4 is 0 Å². The molecule has 0 spiro atoms. The van der Waals surface area contributed by atoms with Crippen LogP contribution in [0.25, 0.3) is 5.69 Å². The van der Waals surface area contributed by atoms with Crippen LogP contribution in [0.15, 0.2) is 48.3 Å². The maximum absolute atomic E-state index is 9.50. The number of ether oxygens (including phenoxy) is 1. The fourth-order valence-corrected chi connectivity index (χ4v) is 3.69. The molecule has 2 heterocycles. The Hall–Kier alpha value is -2.15. The predicted octanol–water partition coefficient (Wildman–Crippen LogP) is 2.72. The van der Waals surface area contributed by atoms with Crippen molar-refractivity contribution in [2.45, 2.75) is 32.9 Å². The van der Waals surface area contributed by atoms with E-state index < -0.39 is 0 Å². The molecule has 1 fully saturated rings. The molecule has 1 unspecified atom stereocenters. The van der Waals surface area contributed by atoms with E-state index >= 15 is 0 Å². The lowest BCUT2D eigenvalue weighted by Crippen LogP contribution is -2.53. The van der Waals surface area contributed by atoms with Crippen molar-refractivity contribution < 1.29 is 9.84 Å². The summed E-state index contributed by atoms with van der Waals surface area (Å²) in [7, 11) is 1.68. The third-order valence-corrected chi connectivity index (χ3v) is 5.32. The first-order valence-corrected chi connectivity index (χ1v) is 9.98. The average Bonchev–Trinajstić information content (AvgIpc) is 3.15. The Labute approximate surface area is 168 Å². The standard InChI is InChI=1S/C22H32N4O2/c1-18(2)8-11-25-14-13-24(16-20(25)9-15-27)17-22-23-10-12-26(22)19-4-6-21(28-3)7-5-19/h4-8,10,12,20,27H,9,11,13-17H2,1-3H3. The number of methoxy groups -OCH3 is 1. The third kappa shape index (κ3) is 5.22. The van der Waals surface area contributed by atoms with E-state index in [2.05, 4.69) is 51.4 Å². The van der Waals surface area contributed by atoms with E-state index in [1.807, 2.05) is 24.5 Å². The monoisotopic (exact) mass is 384 g/mol. The van der Waals surface area contributed by atoms with E-state index in [1.165, 1.54) is 5.57 Å². The normalized spacial score (nSPS) is 18.2. The topological polar surface area (TPSA) is 53.8 Å². The Morgan fingerprint density at radius 1 is 1.25 bits per heavy atom. The molecule has 1 aromatic heterocycles. The summed E-state index contributed by atoms with van der Waals surface area (Å²) in [5.41, 5.74) is 2.43. The zero-order chi connectivity index (χ0) is 19.9. The van der Waals surface area contributed by atoms with E-state index in [4.69, 9.17) is 4.74 Å². The average molecular weight is 385 g/mol. The highest BCUT2D eigenvalue weighted by atomic mass is 16.5. The van der Waals surface area contributed by atoms with Crippen molar-refractivity contribution in [3.05, 3.63) is 54.1 Å². The second-order valence-corrected chi connectivity index (χ2v) is 7.59. The van der Waals surface area contributed by atoms with Gasteiger partial charge in [-0.15, -0.1) is 0 Å². The molecule has 0 amide bonds. The first kappa shape index (κ1) is 20.6. The summed E-state index contributed by atoms with van der Waals surface area (Å²) in [5.74, 6) is 1.88. The summed E-state index contributed by atoms with van der Waals surface area (Å²) in [6, 6.07) is 8.42. The largest absolute Gasteiger partial charge is 0.497 e. The van der Waals surface area contributed by atoms with Gasteiger partial charge in [-0.3, -0.25) is 9.80 Å². The number of imidazole rings is 1. The van der Waals surface area contributed by atoms with Crippen molar-refractivity contribution in [1.29, 1.82) is 0 Å². The quantitative estimate of drug-likeness (QED) is 0.709. The highest BCUT2D eigenvalue weighted by molar-refractivity contribution is 5.38. The van der Waals surface area contributed by atoms with Crippen molar-refractivity contribution in [2.75, 3.05) is 39.9 Å². The number of piperazine rings is 1. The van der Waals surface area contributed by atoms with E-state index in [9.17, 15) is 5.11 Å². The zero-order valence-corrected chi connectivity index (χ0v) is 17.2. The van der Waals surface area contributed by atoms with Crippen LogP contribution in [0.4, 0.5) is 0 Å². The predicted molar refractivity (Wildman–Crippen MR) is 112 cm³/mol. The molecule has 0 aliphatic carbocycles. The molecular weight excluding hydrogens is 352 g/mol. The number of aliphatic hydroxyl groups is 1. The van der Waals surface area contributed by atoms with Gasteiger partial charge < -0.3 is 14.4 Å². The minimum absolute atomic E-state index is 0.226. The van der Waals surface area contributed by atoms with Crippen molar-refractivity contribution in [2.24, 2.45) is 0 Å². The molecule has 2 aromatic rings. The van der Waals surface area contributed by atoms with Crippen molar-refractivity contribution in [3.8, 4) is 11.4 Å². The Balaban J connectivity index is 1.67. The van der Waals surface area contributed by atoms with Crippen LogP contribution in [0.1, 0.15) is 26.1 Å². The number of benzene rings is 1. The first-order chi connectivity index (χ1) is 13.6. The minimum atomic E-state index is 0.226. The summed E-state index contributed by atoms with van der Waals surface area (Å²) < 4.78 is 7.39. The van der Waals surface area contributed by atoms with Crippen molar-refractivity contribution in [1.82, 2.24) is 19.4 Å². The van der Waals surface area contributed by atoms with Crippen LogP contribution in [0, 0.1) is 0 Å². The van der Waals surface area contributed by atoms with Gasteiger partial charge >= 0.3 is 0 Å². The van der Waals surface area contributed by atoms with E-state index in [-0.39, 0.29) is 6.61 Å². The third-order valence-electron chi connectivity index (χ3n) is 5.32. The van der Waals surface area contributed by atoms with E-state index in [0.717, 1.165) is 56.4 Å². The number of aromatic nitrogens is 2. The Bertz CT molecular complexity index is 765. The summed E-state index contributed by atoms with van der Waals surface area (Å²) >= 11 is 0. The van der Waals surface area contributed by atoms with Gasteiger partial charge in [0, 0.05) is 56.9 Å². The maximum atomic E-state index is 9.50. The summed E-state index contributed by atoms with van der Waals surface area (Å²) in [5, 5.41) is 9.50. The second-order valence-electron chi connectivity index (χ2n) is 7.59. The van der Waals surface area contributed by atoms with E-state index in [0.29, 0.717) is 6.04 Å². The molecule has 1 saturated heterocycles. The Morgan fingerprint density at radius 3 is 2.71 bits per heavy atom. The molecule has 6 heteroatoms. The Kier molecular flexibility index (Phi) is 7.25. The van der Waals surface area contributed by atoms with Crippen LogP contribution in [0.3, 0.4) is 0 Å². The molecule has 1 atom stereocenters. The molecule has 0 saturated carbocycles. The summed E-state index contributed by atoms with van der Waals surface area (Å²) in [4.78, 5) is 9.52. The van der Waals surface area contributed by atoms with Gasteiger partial charge in [0.25, 0.3) is 0 Å². The number of aliphatic hydroxyl groups excluding tert-OH is 1. The fraction of sp³-hybridized carbons (Fsp3) is 0.500. The lowest BCUT2D eigenvalue weighted by Gasteiger charge is -2.41. The molecule has 152 valence electrons. The van der Waals surface area contributed by atoms with Crippen LogP contribution in [0.5, 0.6) is 5.75 Å². The summed E-state index contributed by atoms with van der Waals surface area (Å²) in [6.45, 7) is 9.23. The summed E-state index contributed by atoms with van der Waals surface area (Å²) in [6.07, 6.45) is 6.94. The second kappa shape index (κ2) is 9.87. The van der Waals surface area contributed by atoms with Gasteiger partial charge in [0.1, 0.15) is 11.6 Å². The van der Waals surface area contributed by atoms with Gasteiger partial charge in [-0.1, -0.05) is 11.6 Å². The van der Waals surface area contributed by atoms with Gasteiger partial charge in [-0.05, 0) is 44.5 Å². The van der Waals surface area contributed by atoms with E-state index in [1.54, 1.807) is 7.11 Å². The molecule has 28 heavy (non-hydrogen) atoms. The fourth-order valence-electron chi connectivity index (χ4n) is 3.69. The number of hydrogen-bond acceptors (Lipinski definition) is 5. The van der Waals surface area contributed by atoms with Crippen LogP contribution in [-0.2, 0) is 6.54 Å². The van der Waals surface area contributed by atoms with Gasteiger partial charge in [0.2, 0.25) is 0 Å². The highest BCUT2D eigenvalue weighted by Gasteiger charge is 2.26. The first-order valence-electron chi connectivity index (χ1n) is 9.98. The molecule has 1 N–H and O–H groups in total. The van der Waals surface area contributed by atoms with Gasteiger partial charge in [-0.25, -0.2) is 4.98 Å². The van der Waals surface area contributed by atoms with Crippen LogP contribution in [0.2, 0.25) is 0 Å². The number of rotatable bonds is 8. The molecule has 3 rings (SSSR count). The highest BCUT2D eigenvalue weighted by Crippen LogP contribution is 2.19. The zero-order valence-electron chi connectivity index (χ0n) is 17.2. The van der Waals surface area contributed by atoms with Crippen molar-refractivity contribution in [3.63, 3.8) is 0 Å². The molecule has 1 aliphatic rings. The van der Waals surface area contributed by atoms with Gasteiger partial charge in [-0.2, -0.15) is 0 Å². The minimum Gasteiger partial charge on any atom is -0.497 e. The molecule has 6 nitrogen and oxygen atoms in total. The van der Waals surface area contributed by atoms with Crippen LogP contribution >= 0.6 is 0 Å². The van der Waals surface area contributed by atoms with Gasteiger partial charge in [0.05, 0.1) is 13.7 Å². The number of allylic oxidation sites excluding steroid dienone is 1. The molecule has 1 aromatic carbocycles. The number of hydrogen-bond donors (Lipinski definition) is 1. The number of nitrogens with zero attached hydrogens (tertiary/aromatic N) is 4. The lowest BCUT2D eigenvalue weighted by atomic mass is 10.1. The molecule has 0 radical (unpaired) electrons. The van der Waals surface area contributed by atoms with Crippen LogP contribution < -0.4 is 4.74 Å². The smallest absolute Gasteiger partial charge is 0.127 e. The maximum Gasteiger partial charge on any atom is 0.127 e. The molecular formula is C22H32N4O2. The Morgan fingerprint density at radius 2 is 2.04 bits per heavy atom. The molecule has 0 bridgehead atoms. The van der Waals surface area contributed by atoms with Gasteiger partial charge in [0.15, 0.2) is 0 Å².